The summed E-state index contributed by atoms with van der Waals surface area (Å²) in [7, 11) is 0. The van der Waals surface area contributed by atoms with E-state index in [1.807, 2.05) is 13.8 Å². The summed E-state index contributed by atoms with van der Waals surface area (Å²) >= 11 is 0. The van der Waals surface area contributed by atoms with Gasteiger partial charge in [0.15, 0.2) is 0 Å². The van der Waals surface area contributed by atoms with Crippen molar-refractivity contribution in [3.05, 3.63) is 11.1 Å². The molecule has 0 heterocycles. The predicted octanol–water partition coefficient (Wildman–Crippen LogP) is 2.15. The summed E-state index contributed by atoms with van der Waals surface area (Å²) in [5.41, 5.74) is 1.76. The first-order valence-electron chi connectivity index (χ1n) is 6.69. The zero-order chi connectivity index (χ0) is 12.5. The van der Waals surface area contributed by atoms with Crippen molar-refractivity contribution in [3.63, 3.8) is 0 Å². The molecule has 2 aliphatic rings. The summed E-state index contributed by atoms with van der Waals surface area (Å²) in [5, 5.41) is 12.5. The lowest BCUT2D eigenvalue weighted by molar-refractivity contribution is -0.120. The van der Waals surface area contributed by atoms with Crippen LogP contribution in [0.15, 0.2) is 11.1 Å². The minimum absolute atomic E-state index is 0.0188. The Hall–Kier alpha value is -0.830. The number of aliphatic hydroxyl groups is 1. The predicted molar refractivity (Wildman–Crippen MR) is 67.5 cm³/mol. The van der Waals surface area contributed by atoms with Crippen molar-refractivity contribution in [3.8, 4) is 0 Å². The van der Waals surface area contributed by atoms with Crippen LogP contribution in [0.2, 0.25) is 0 Å². The summed E-state index contributed by atoms with van der Waals surface area (Å²) in [6.07, 6.45) is 6.79. The Balaban J connectivity index is 2.02. The van der Waals surface area contributed by atoms with E-state index in [-0.39, 0.29) is 12.5 Å². The van der Waals surface area contributed by atoms with Gasteiger partial charge in [0.2, 0.25) is 5.91 Å². The molecule has 96 valence electrons. The van der Waals surface area contributed by atoms with Gasteiger partial charge in [0.25, 0.3) is 0 Å². The summed E-state index contributed by atoms with van der Waals surface area (Å²) in [5.74, 6) is 0.475. The topological polar surface area (TPSA) is 49.3 Å². The van der Waals surface area contributed by atoms with E-state index in [4.69, 9.17) is 0 Å². The van der Waals surface area contributed by atoms with Gasteiger partial charge >= 0.3 is 0 Å². The summed E-state index contributed by atoms with van der Waals surface area (Å²) in [4.78, 5) is 12.2. The Morgan fingerprint density at radius 1 is 1.41 bits per heavy atom. The highest BCUT2D eigenvalue weighted by atomic mass is 16.3. The van der Waals surface area contributed by atoms with Gasteiger partial charge in [-0.1, -0.05) is 5.57 Å². The molecular weight excluding hydrogens is 214 g/mol. The molecule has 0 aromatic rings. The molecule has 1 amide bonds. The number of carbonyl (C=O) groups excluding carboxylic acids is 1. The molecule has 3 nitrogen and oxygen atoms in total. The SMILES string of the molecule is CC(C(=O)NC(C)(CO)C1CC1)=C1CCCC1. The summed E-state index contributed by atoms with van der Waals surface area (Å²) in [6, 6.07) is 0. The smallest absolute Gasteiger partial charge is 0.247 e. The lowest BCUT2D eigenvalue weighted by Gasteiger charge is -2.29. The van der Waals surface area contributed by atoms with Crippen molar-refractivity contribution >= 4 is 5.91 Å². The minimum Gasteiger partial charge on any atom is -0.394 e. The molecule has 17 heavy (non-hydrogen) atoms. The standard InChI is InChI=1S/C14H23NO2/c1-10(11-5-3-4-6-11)13(17)15-14(2,9-16)12-7-8-12/h12,16H,3-9H2,1-2H3,(H,15,17). The lowest BCUT2D eigenvalue weighted by Crippen LogP contribution is -2.51. The van der Waals surface area contributed by atoms with E-state index in [1.54, 1.807) is 0 Å². The van der Waals surface area contributed by atoms with E-state index < -0.39 is 5.54 Å². The Morgan fingerprint density at radius 3 is 2.47 bits per heavy atom. The molecule has 0 aromatic heterocycles. The maximum absolute atomic E-state index is 12.2. The molecule has 0 saturated heterocycles. The van der Waals surface area contributed by atoms with E-state index in [2.05, 4.69) is 5.32 Å². The molecule has 2 N–H and O–H groups in total. The van der Waals surface area contributed by atoms with Gasteiger partial charge in [-0.3, -0.25) is 4.79 Å². The van der Waals surface area contributed by atoms with Crippen LogP contribution >= 0.6 is 0 Å². The Labute approximate surface area is 103 Å². The number of hydrogen-bond donors (Lipinski definition) is 2. The number of hydrogen-bond acceptors (Lipinski definition) is 2. The largest absolute Gasteiger partial charge is 0.394 e. The number of aliphatic hydroxyl groups excluding tert-OH is 1. The molecule has 2 rings (SSSR count). The van der Waals surface area contributed by atoms with Crippen LogP contribution in [0.3, 0.4) is 0 Å². The van der Waals surface area contributed by atoms with Gasteiger partial charge in [-0.2, -0.15) is 0 Å². The molecular formula is C14H23NO2. The maximum atomic E-state index is 12.2. The van der Waals surface area contributed by atoms with E-state index in [0.717, 1.165) is 31.3 Å². The molecule has 2 aliphatic carbocycles. The first-order valence-corrected chi connectivity index (χ1v) is 6.69. The number of rotatable bonds is 4. The van der Waals surface area contributed by atoms with Crippen LogP contribution in [0.25, 0.3) is 0 Å². The van der Waals surface area contributed by atoms with Gasteiger partial charge in [0.1, 0.15) is 0 Å². The molecule has 1 unspecified atom stereocenters. The molecule has 0 spiro atoms. The van der Waals surface area contributed by atoms with Crippen molar-refractivity contribution in [1.29, 1.82) is 0 Å². The van der Waals surface area contributed by atoms with Gasteiger partial charge in [-0.25, -0.2) is 0 Å². The molecule has 3 heteroatoms. The fraction of sp³-hybridized carbons (Fsp3) is 0.786. The second kappa shape index (κ2) is 4.81. The number of nitrogens with one attached hydrogen (secondary N) is 1. The number of carbonyl (C=O) groups is 1. The Bertz CT molecular complexity index is 336. The van der Waals surface area contributed by atoms with Crippen LogP contribution in [0, 0.1) is 5.92 Å². The number of allylic oxidation sites excluding steroid dienone is 1. The van der Waals surface area contributed by atoms with Gasteiger partial charge in [-0.15, -0.1) is 0 Å². The lowest BCUT2D eigenvalue weighted by atomic mass is 9.96. The van der Waals surface area contributed by atoms with Crippen LogP contribution in [0.4, 0.5) is 0 Å². The second-order valence-electron chi connectivity index (χ2n) is 5.74. The highest BCUT2D eigenvalue weighted by molar-refractivity contribution is 5.94. The quantitative estimate of drug-likeness (QED) is 0.736. The molecule has 2 fully saturated rings. The summed E-state index contributed by atoms with van der Waals surface area (Å²) in [6.45, 7) is 3.90. The van der Waals surface area contributed by atoms with Crippen molar-refractivity contribution in [1.82, 2.24) is 5.32 Å². The third-order valence-corrected chi connectivity index (χ3v) is 4.28. The minimum atomic E-state index is -0.419. The fourth-order valence-electron chi connectivity index (χ4n) is 2.68. The normalized spacial score (nSPS) is 23.4. The number of amides is 1. The molecule has 0 aromatic carbocycles. The van der Waals surface area contributed by atoms with E-state index in [9.17, 15) is 9.90 Å². The first-order chi connectivity index (χ1) is 8.07. The maximum Gasteiger partial charge on any atom is 0.247 e. The third-order valence-electron chi connectivity index (χ3n) is 4.28. The van der Waals surface area contributed by atoms with Crippen LogP contribution in [0.1, 0.15) is 52.4 Å². The van der Waals surface area contributed by atoms with Crippen LogP contribution < -0.4 is 5.32 Å². The van der Waals surface area contributed by atoms with Crippen molar-refractivity contribution in [2.45, 2.75) is 57.9 Å². The molecule has 0 bridgehead atoms. The van der Waals surface area contributed by atoms with Crippen molar-refractivity contribution in [2.75, 3.05) is 6.61 Å². The average Bonchev–Trinajstić information content (AvgIpc) is 3.05. The molecule has 0 aliphatic heterocycles. The monoisotopic (exact) mass is 237 g/mol. The summed E-state index contributed by atoms with van der Waals surface area (Å²) < 4.78 is 0. The highest BCUT2D eigenvalue weighted by Crippen LogP contribution is 2.39. The van der Waals surface area contributed by atoms with E-state index in [0.29, 0.717) is 5.92 Å². The van der Waals surface area contributed by atoms with Crippen molar-refractivity contribution in [2.24, 2.45) is 5.92 Å². The van der Waals surface area contributed by atoms with Crippen LogP contribution in [0.5, 0.6) is 0 Å². The zero-order valence-corrected chi connectivity index (χ0v) is 10.9. The second-order valence-corrected chi connectivity index (χ2v) is 5.74. The molecule has 1 atom stereocenters. The van der Waals surface area contributed by atoms with E-state index in [1.165, 1.54) is 18.4 Å². The average molecular weight is 237 g/mol. The molecule has 0 radical (unpaired) electrons. The fourth-order valence-corrected chi connectivity index (χ4v) is 2.68. The van der Waals surface area contributed by atoms with Gasteiger partial charge in [0, 0.05) is 5.57 Å². The Kier molecular flexibility index (Phi) is 3.57. The van der Waals surface area contributed by atoms with Gasteiger partial charge in [0.05, 0.1) is 12.1 Å². The zero-order valence-electron chi connectivity index (χ0n) is 10.9. The third kappa shape index (κ3) is 2.71. The molecule has 2 saturated carbocycles. The highest BCUT2D eigenvalue weighted by Gasteiger charge is 2.42. The van der Waals surface area contributed by atoms with Crippen LogP contribution in [-0.4, -0.2) is 23.2 Å². The van der Waals surface area contributed by atoms with Crippen molar-refractivity contribution < 1.29 is 9.90 Å². The van der Waals surface area contributed by atoms with Gasteiger partial charge < -0.3 is 10.4 Å². The Morgan fingerprint density at radius 2 is 2.00 bits per heavy atom. The van der Waals surface area contributed by atoms with Gasteiger partial charge in [-0.05, 0) is 58.3 Å². The van der Waals surface area contributed by atoms with E-state index >= 15 is 0 Å². The first kappa shape index (κ1) is 12.6. The van der Waals surface area contributed by atoms with Crippen LogP contribution in [-0.2, 0) is 4.79 Å².